The molecule has 1 aromatic heterocycles. The Bertz CT molecular complexity index is 1170. The summed E-state index contributed by atoms with van der Waals surface area (Å²) < 4.78 is 2.37. The summed E-state index contributed by atoms with van der Waals surface area (Å²) in [6.07, 6.45) is 2.07. The summed E-state index contributed by atoms with van der Waals surface area (Å²) in [4.78, 5) is 2.15. The predicted molar refractivity (Wildman–Crippen MR) is 103 cm³/mol. The van der Waals surface area contributed by atoms with Gasteiger partial charge in [0.05, 0.1) is 0 Å². The number of rotatable bonds is 2. The van der Waals surface area contributed by atoms with Crippen LogP contribution in [0.2, 0.25) is 0 Å². The van der Waals surface area contributed by atoms with E-state index in [1.54, 1.807) is 0 Å². The number of aromatic nitrogens is 3. The summed E-state index contributed by atoms with van der Waals surface area (Å²) in [7, 11) is 0. The highest BCUT2D eigenvalue weighted by Gasteiger charge is 2.38. The third-order valence-corrected chi connectivity index (χ3v) is 5.67. The van der Waals surface area contributed by atoms with Crippen LogP contribution in [0.1, 0.15) is 44.3 Å². The Labute approximate surface area is 147 Å². The van der Waals surface area contributed by atoms with Gasteiger partial charge in [-0.2, -0.15) is 0 Å². The van der Waals surface area contributed by atoms with Crippen LogP contribution in [0, 0.1) is 0 Å². The number of nitrogens with zero attached hydrogens (tertiary/aromatic N) is 3. The molecule has 0 saturated heterocycles. The lowest BCUT2D eigenvalue weighted by Gasteiger charge is -2.26. The molecule has 0 spiro atoms. The molecule has 0 saturated carbocycles. The van der Waals surface area contributed by atoms with Crippen LogP contribution in [-0.2, 0) is 0 Å². The number of hydrogen-bond donors (Lipinski definition) is 0. The van der Waals surface area contributed by atoms with Gasteiger partial charge in [0.25, 0.3) is 5.52 Å². The zero-order valence-corrected chi connectivity index (χ0v) is 14.9. The molecule has 5 rings (SSSR count). The average molecular weight is 328 g/mol. The Kier molecular flexibility index (Phi) is 2.88. The Balaban J connectivity index is 2.16. The fourth-order valence-electron chi connectivity index (χ4n) is 4.54. The third kappa shape index (κ3) is 1.70. The number of hydrogen-bond acceptors (Lipinski definition) is 1. The SMILES string of the molecule is C=CC1C(C)c2cccc3c4ccccc4c4nn(C(C)C)[n+]1c4c23. The Morgan fingerprint density at radius 2 is 1.80 bits per heavy atom. The van der Waals surface area contributed by atoms with Gasteiger partial charge in [-0.25, -0.2) is 0 Å². The first-order valence-electron chi connectivity index (χ1n) is 9.03. The lowest BCUT2D eigenvalue weighted by Crippen LogP contribution is -2.51. The van der Waals surface area contributed by atoms with Crippen LogP contribution in [0.3, 0.4) is 0 Å². The second-order valence-corrected chi connectivity index (χ2v) is 7.39. The van der Waals surface area contributed by atoms with Crippen molar-refractivity contribution < 1.29 is 4.68 Å². The van der Waals surface area contributed by atoms with E-state index in [1.165, 1.54) is 32.6 Å². The van der Waals surface area contributed by atoms with Gasteiger partial charge in [-0.3, -0.25) is 0 Å². The molecule has 124 valence electrons. The normalized spacial score (nSPS) is 19.5. The number of fused-ring (bicyclic) bond motifs is 3. The molecule has 0 amide bonds. The van der Waals surface area contributed by atoms with Crippen molar-refractivity contribution in [1.82, 2.24) is 9.90 Å². The Morgan fingerprint density at radius 1 is 1.08 bits per heavy atom. The van der Waals surface area contributed by atoms with Gasteiger partial charge in [-0.05, 0) is 47.1 Å². The van der Waals surface area contributed by atoms with E-state index in [-0.39, 0.29) is 6.04 Å². The first-order valence-corrected chi connectivity index (χ1v) is 9.03. The van der Waals surface area contributed by atoms with Gasteiger partial charge < -0.3 is 0 Å². The molecule has 0 radical (unpaired) electrons. The number of benzene rings is 3. The van der Waals surface area contributed by atoms with E-state index >= 15 is 0 Å². The Morgan fingerprint density at radius 3 is 2.52 bits per heavy atom. The highest BCUT2D eigenvalue weighted by molar-refractivity contribution is 6.23. The molecule has 2 unspecified atom stereocenters. The van der Waals surface area contributed by atoms with Crippen molar-refractivity contribution in [2.24, 2.45) is 0 Å². The molecular weight excluding hydrogens is 306 g/mol. The maximum Gasteiger partial charge on any atom is 0.257 e. The summed E-state index contributed by atoms with van der Waals surface area (Å²) in [6, 6.07) is 15.9. The molecule has 0 fully saturated rings. The molecule has 0 bridgehead atoms. The van der Waals surface area contributed by atoms with Crippen molar-refractivity contribution in [2.45, 2.75) is 38.8 Å². The molecule has 3 heteroatoms. The molecule has 1 aliphatic rings. The lowest BCUT2D eigenvalue weighted by atomic mass is 9.84. The van der Waals surface area contributed by atoms with Crippen molar-refractivity contribution in [3.63, 3.8) is 0 Å². The average Bonchev–Trinajstić information content (AvgIpc) is 3.03. The number of allylic oxidation sites excluding steroid dienone is 1. The molecule has 1 aliphatic heterocycles. The van der Waals surface area contributed by atoms with Crippen molar-refractivity contribution in [3.8, 4) is 0 Å². The van der Waals surface area contributed by atoms with Gasteiger partial charge in [0.2, 0.25) is 5.52 Å². The fourth-order valence-corrected chi connectivity index (χ4v) is 4.54. The van der Waals surface area contributed by atoms with Gasteiger partial charge >= 0.3 is 0 Å². The van der Waals surface area contributed by atoms with E-state index in [4.69, 9.17) is 5.10 Å². The van der Waals surface area contributed by atoms with Crippen LogP contribution >= 0.6 is 0 Å². The summed E-state index contributed by atoms with van der Waals surface area (Å²) >= 11 is 0. The standard InChI is InChI=1S/C22H22N3/c1-5-19-14(4)15-11-8-12-17-16-9-6-7-10-18(16)21-22(20(15)17)24(19)25(23-21)13(2)3/h5-14,19H,1H2,2-4H3/q+1. The first kappa shape index (κ1) is 14.6. The van der Waals surface area contributed by atoms with Crippen molar-refractivity contribution in [2.75, 3.05) is 0 Å². The zero-order valence-electron chi connectivity index (χ0n) is 14.9. The van der Waals surface area contributed by atoms with Crippen LogP contribution in [0.4, 0.5) is 0 Å². The summed E-state index contributed by atoms with van der Waals surface area (Å²) in [6.45, 7) is 10.8. The lowest BCUT2D eigenvalue weighted by molar-refractivity contribution is -0.776. The molecule has 2 atom stereocenters. The molecule has 3 nitrogen and oxygen atoms in total. The van der Waals surface area contributed by atoms with Gasteiger partial charge in [-0.15, -0.1) is 4.68 Å². The second-order valence-electron chi connectivity index (χ2n) is 7.39. The van der Waals surface area contributed by atoms with Crippen LogP contribution in [0.15, 0.2) is 55.1 Å². The van der Waals surface area contributed by atoms with Crippen molar-refractivity contribution >= 4 is 32.6 Å². The maximum absolute atomic E-state index is 5.06. The fraction of sp³-hybridized carbons (Fsp3) is 0.273. The molecule has 2 heterocycles. The first-order chi connectivity index (χ1) is 12.1. The third-order valence-electron chi connectivity index (χ3n) is 5.67. The van der Waals surface area contributed by atoms with Crippen LogP contribution in [0.25, 0.3) is 32.6 Å². The van der Waals surface area contributed by atoms with E-state index in [2.05, 4.69) is 85.4 Å². The van der Waals surface area contributed by atoms with E-state index in [0.717, 1.165) is 5.52 Å². The molecule has 25 heavy (non-hydrogen) atoms. The highest BCUT2D eigenvalue weighted by Crippen LogP contribution is 2.42. The minimum atomic E-state index is 0.215. The van der Waals surface area contributed by atoms with Gasteiger partial charge in [0.15, 0.2) is 0 Å². The van der Waals surface area contributed by atoms with E-state index in [0.29, 0.717) is 12.0 Å². The summed E-state index contributed by atoms with van der Waals surface area (Å²) in [5.41, 5.74) is 3.76. The zero-order chi connectivity index (χ0) is 17.3. The van der Waals surface area contributed by atoms with Crippen molar-refractivity contribution in [3.05, 3.63) is 60.7 Å². The monoisotopic (exact) mass is 328 g/mol. The Hall–Kier alpha value is -2.68. The maximum atomic E-state index is 5.06. The predicted octanol–water partition coefficient (Wildman–Crippen LogP) is 5.06. The van der Waals surface area contributed by atoms with Gasteiger partial charge in [0.1, 0.15) is 12.1 Å². The van der Waals surface area contributed by atoms with E-state index in [9.17, 15) is 0 Å². The van der Waals surface area contributed by atoms with Gasteiger partial charge in [-0.1, -0.05) is 49.9 Å². The second kappa shape index (κ2) is 4.92. The molecule has 3 aromatic carbocycles. The molecule has 0 N–H and O–H groups in total. The van der Waals surface area contributed by atoms with E-state index < -0.39 is 0 Å². The van der Waals surface area contributed by atoms with E-state index in [1.807, 2.05) is 0 Å². The minimum absolute atomic E-state index is 0.215. The van der Waals surface area contributed by atoms with Crippen LogP contribution < -0.4 is 4.68 Å². The quantitative estimate of drug-likeness (QED) is 0.286. The summed E-state index contributed by atoms with van der Waals surface area (Å²) in [5.74, 6) is 0.372. The largest absolute Gasteiger partial charge is 0.257 e. The minimum Gasteiger partial charge on any atom is -0.144 e. The topological polar surface area (TPSA) is 21.7 Å². The molecule has 0 aliphatic carbocycles. The molecular formula is C22H22N3+. The smallest absolute Gasteiger partial charge is 0.144 e. The van der Waals surface area contributed by atoms with Crippen molar-refractivity contribution in [1.29, 1.82) is 0 Å². The molecule has 4 aromatic rings. The van der Waals surface area contributed by atoms with Crippen LogP contribution in [0.5, 0.6) is 0 Å². The van der Waals surface area contributed by atoms with Crippen LogP contribution in [-0.4, -0.2) is 9.90 Å². The highest BCUT2D eigenvalue weighted by atomic mass is 15.6. The summed E-state index contributed by atoms with van der Waals surface area (Å²) in [5, 5.41) is 10.3. The van der Waals surface area contributed by atoms with Gasteiger partial charge in [0, 0.05) is 21.8 Å².